The fraction of sp³-hybridized carbons (Fsp3) is 0.0744. The highest BCUT2D eigenvalue weighted by Gasteiger charge is 2.41. The molecule has 26 rings (SSSR count). The number of rotatable bonds is 11. The fourth-order valence-corrected chi connectivity index (χ4v) is 21.0. The summed E-state index contributed by atoms with van der Waals surface area (Å²) in [6.07, 6.45) is 0. The molecule has 6 heterocycles. The van der Waals surface area contributed by atoms with Crippen LogP contribution in [0.5, 0.6) is 0 Å². The average Bonchev–Trinajstić information content (AvgIpc) is 1.55. The highest BCUT2D eigenvalue weighted by Crippen LogP contribution is 2.57. The van der Waals surface area contributed by atoms with Crippen LogP contribution in [0.15, 0.2) is 419 Å². The molecule has 0 bridgehead atoms. The molecule has 0 saturated heterocycles. The summed E-state index contributed by atoms with van der Waals surface area (Å²) in [5, 5.41) is 7.61. The van der Waals surface area contributed by atoms with Gasteiger partial charge in [0.2, 0.25) is 0 Å². The Labute approximate surface area is 765 Å². The predicted octanol–water partition coefficient (Wildman–Crippen LogP) is 29.8. The van der Waals surface area contributed by atoms with E-state index in [9.17, 15) is 0 Å². The maximum atomic E-state index is 5.19. The third-order valence-electron chi connectivity index (χ3n) is 27.3. The first-order valence-electron chi connectivity index (χ1n) is 45.2. The van der Waals surface area contributed by atoms with Gasteiger partial charge in [-0.15, -0.1) is 0 Å². The minimum absolute atomic E-state index is 0.0564. The number of fused-ring (bicyclic) bond motifs is 20. The quantitative estimate of drug-likeness (QED) is 0.126. The van der Waals surface area contributed by atoms with Crippen LogP contribution in [0.4, 0.5) is 0 Å². The maximum absolute atomic E-state index is 5.19. The van der Waals surface area contributed by atoms with Crippen molar-refractivity contribution in [3.05, 3.63) is 452 Å². The Balaban J connectivity index is 0.000000110. The van der Waals surface area contributed by atoms with Crippen molar-refractivity contribution in [1.82, 2.24) is 53.6 Å². The molecule has 17 aromatic carbocycles. The molecular formula is C121H87N11. The Morgan fingerprint density at radius 1 is 0.189 bits per heavy atom. The summed E-state index contributed by atoms with van der Waals surface area (Å²) in [6, 6.07) is 147. The van der Waals surface area contributed by atoms with E-state index in [1.54, 1.807) is 0 Å². The van der Waals surface area contributed by atoms with Gasteiger partial charge < -0.3 is 9.13 Å². The Bertz CT molecular complexity index is 8310. The summed E-state index contributed by atoms with van der Waals surface area (Å²) in [6.45, 7) is 14.1. The number of hydrogen-bond donors (Lipinski definition) is 0. The predicted molar refractivity (Wildman–Crippen MR) is 541 cm³/mol. The molecule has 132 heavy (non-hydrogen) atoms. The number of hydrogen-bond acceptors (Lipinski definition) is 8. The molecule has 626 valence electrons. The Morgan fingerprint density at radius 3 is 1.00 bits per heavy atom. The van der Waals surface area contributed by atoms with Crippen LogP contribution in [0.1, 0.15) is 74.9 Å². The molecule has 0 fully saturated rings. The molecule has 3 aliphatic rings. The van der Waals surface area contributed by atoms with Crippen LogP contribution < -0.4 is 0 Å². The Kier molecular flexibility index (Phi) is 18.7. The molecule has 0 atom stereocenters. The van der Waals surface area contributed by atoms with E-state index in [1.807, 2.05) is 146 Å². The van der Waals surface area contributed by atoms with Crippen LogP contribution in [0.3, 0.4) is 0 Å². The van der Waals surface area contributed by atoms with E-state index in [0.717, 1.165) is 84.3 Å². The van der Waals surface area contributed by atoms with Crippen LogP contribution in [0, 0.1) is 0 Å². The van der Waals surface area contributed by atoms with Crippen molar-refractivity contribution >= 4 is 65.4 Å². The normalized spacial score (nSPS) is 13.3. The number of para-hydroxylation sites is 3. The van der Waals surface area contributed by atoms with Crippen LogP contribution >= 0.6 is 0 Å². The summed E-state index contributed by atoms with van der Waals surface area (Å²) >= 11 is 0. The Hall–Kier alpha value is -16.8. The van der Waals surface area contributed by atoms with Gasteiger partial charge in [-0.05, 0) is 152 Å². The lowest BCUT2D eigenvalue weighted by molar-refractivity contribution is 0.661. The van der Waals surface area contributed by atoms with E-state index < -0.39 is 0 Å². The molecular weight excluding hydrogens is 1610 g/mol. The fourth-order valence-electron chi connectivity index (χ4n) is 21.0. The lowest BCUT2D eigenvalue weighted by atomic mass is 9.80. The standard InChI is InChI=1S/2C42H30N4.C37H27N3/c1-42(2)34-19-11-9-17-31(34)32-25-26-36-37(38(32)42)33-18-10-12-20-35(33)46(36)30-23-21-29(22-24-30)41-44-39(27-13-5-3-6-14-27)43-40(45-41)28-15-7-4-8-16-28;1-42(2)35-19-11-9-17-31(35)33-25-26-34-32-18-10-12-20-36(32)46(38(34)37(33)42)30-23-21-29(22-24-30)41-44-39(27-13-5-3-6-14-27)43-40(45-41)28-15-7-4-8-16-28;1-37(2)30-19-11-9-17-26(30)28-22-34-29(21-31(28)37)27-18-10-12-20-33(27)40(34)35-23-32(24-13-5-3-6-14-24)38-36(39-35)25-15-7-4-8-16-25/h2*3-26H,1-2H3;3-23H,1-2H3. The summed E-state index contributed by atoms with van der Waals surface area (Å²) < 4.78 is 7.16. The Morgan fingerprint density at radius 2 is 0.530 bits per heavy atom. The highest BCUT2D eigenvalue weighted by molar-refractivity contribution is 6.16. The topological polar surface area (TPSA) is 118 Å². The van der Waals surface area contributed by atoms with Crippen molar-refractivity contribution in [1.29, 1.82) is 0 Å². The minimum Gasteiger partial charge on any atom is -0.309 e. The van der Waals surface area contributed by atoms with Gasteiger partial charge in [-0.1, -0.05) is 369 Å². The van der Waals surface area contributed by atoms with E-state index in [0.29, 0.717) is 34.9 Å². The monoisotopic (exact) mass is 1690 g/mol. The molecule has 11 heteroatoms. The molecule has 0 N–H and O–H groups in total. The van der Waals surface area contributed by atoms with E-state index in [-0.39, 0.29) is 16.2 Å². The van der Waals surface area contributed by atoms with Gasteiger partial charge in [0, 0.05) is 111 Å². The van der Waals surface area contributed by atoms with Crippen molar-refractivity contribution in [2.24, 2.45) is 0 Å². The number of nitrogens with zero attached hydrogens (tertiary/aromatic N) is 11. The first kappa shape index (κ1) is 78.7. The summed E-state index contributed by atoms with van der Waals surface area (Å²) in [5.74, 6) is 5.53. The van der Waals surface area contributed by atoms with Gasteiger partial charge in [0.05, 0.1) is 38.8 Å². The largest absolute Gasteiger partial charge is 0.309 e. The second-order valence-corrected chi connectivity index (χ2v) is 36.1. The second-order valence-electron chi connectivity index (χ2n) is 36.1. The second kappa shape index (κ2) is 31.3. The van der Waals surface area contributed by atoms with Gasteiger partial charge in [0.1, 0.15) is 5.82 Å². The number of benzene rings is 17. The lowest BCUT2D eigenvalue weighted by Crippen LogP contribution is -2.16. The van der Waals surface area contributed by atoms with Crippen molar-refractivity contribution in [3.8, 4) is 142 Å². The first-order chi connectivity index (χ1) is 64.7. The van der Waals surface area contributed by atoms with Crippen molar-refractivity contribution in [2.45, 2.75) is 57.8 Å². The van der Waals surface area contributed by atoms with Gasteiger partial charge in [-0.3, -0.25) is 4.57 Å². The molecule has 0 unspecified atom stereocenters. The summed E-state index contributed by atoms with van der Waals surface area (Å²) in [7, 11) is 0. The molecule has 11 nitrogen and oxygen atoms in total. The highest BCUT2D eigenvalue weighted by atomic mass is 15.1. The van der Waals surface area contributed by atoms with Gasteiger partial charge in [-0.2, -0.15) is 0 Å². The van der Waals surface area contributed by atoms with Crippen LogP contribution in [-0.4, -0.2) is 53.6 Å². The average molecular weight is 1700 g/mol. The van der Waals surface area contributed by atoms with Gasteiger partial charge in [0.15, 0.2) is 40.8 Å². The van der Waals surface area contributed by atoms with Crippen molar-refractivity contribution in [3.63, 3.8) is 0 Å². The first-order valence-corrected chi connectivity index (χ1v) is 45.2. The summed E-state index contributed by atoms with van der Waals surface area (Å²) in [4.78, 5) is 39.7. The number of aromatic nitrogens is 11. The van der Waals surface area contributed by atoms with E-state index >= 15 is 0 Å². The van der Waals surface area contributed by atoms with Crippen LogP contribution in [-0.2, 0) is 16.2 Å². The molecule has 6 aromatic heterocycles. The molecule has 0 radical (unpaired) electrons. The van der Waals surface area contributed by atoms with E-state index in [4.69, 9.17) is 39.9 Å². The molecule has 0 saturated carbocycles. The van der Waals surface area contributed by atoms with Crippen LogP contribution in [0.25, 0.3) is 207 Å². The van der Waals surface area contributed by atoms with Gasteiger partial charge >= 0.3 is 0 Å². The smallest absolute Gasteiger partial charge is 0.164 e. The minimum atomic E-state index is -0.135. The maximum Gasteiger partial charge on any atom is 0.164 e. The lowest BCUT2D eigenvalue weighted by Gasteiger charge is -2.23. The van der Waals surface area contributed by atoms with E-state index in [2.05, 4.69) is 328 Å². The zero-order valence-electron chi connectivity index (χ0n) is 73.8. The van der Waals surface area contributed by atoms with Crippen molar-refractivity contribution in [2.75, 3.05) is 0 Å². The van der Waals surface area contributed by atoms with Crippen LogP contribution in [0.2, 0.25) is 0 Å². The third kappa shape index (κ3) is 13.0. The van der Waals surface area contributed by atoms with Gasteiger partial charge in [0.25, 0.3) is 0 Å². The molecule has 3 aliphatic carbocycles. The molecule has 0 spiro atoms. The van der Waals surface area contributed by atoms with Gasteiger partial charge in [-0.25, -0.2) is 39.9 Å². The zero-order valence-corrected chi connectivity index (χ0v) is 73.8. The zero-order chi connectivity index (χ0) is 88.5. The third-order valence-corrected chi connectivity index (χ3v) is 27.3. The summed E-state index contributed by atoms with van der Waals surface area (Å²) in [5.41, 5.74) is 34.1. The van der Waals surface area contributed by atoms with E-state index in [1.165, 1.54) is 121 Å². The SMILES string of the molecule is CC1(C)c2ccccc2-c2cc3c(cc21)c1ccccc1n3-c1cc(-c2ccccc2)nc(-c2ccccc2)n1.CC1(C)c2ccccc2-c2ccc3c(c21)c1ccccc1n3-c1ccc(-c2nc(-c3ccccc3)nc(-c3ccccc3)n2)cc1.CC1(C)c2ccccc2-c2ccc3c4ccccc4n(-c4ccc(-c5nc(-c6ccccc6)nc(-c6ccccc6)n5)cc4)c3c21. The van der Waals surface area contributed by atoms with Crippen molar-refractivity contribution < 1.29 is 0 Å². The molecule has 0 amide bonds. The molecule has 0 aliphatic heterocycles. The molecule has 23 aromatic rings.